The van der Waals surface area contributed by atoms with Crippen LogP contribution in [-0.2, 0) is 9.59 Å². The Morgan fingerprint density at radius 1 is 1.62 bits per heavy atom. The van der Waals surface area contributed by atoms with Crippen LogP contribution in [0.3, 0.4) is 0 Å². The van der Waals surface area contributed by atoms with Gasteiger partial charge in [-0.2, -0.15) is 0 Å². The van der Waals surface area contributed by atoms with Gasteiger partial charge in [0.15, 0.2) is 0 Å². The van der Waals surface area contributed by atoms with E-state index in [1.54, 1.807) is 0 Å². The largest absolute Gasteiger partial charge is 0.481 e. The number of hydrogen-bond acceptors (Lipinski definition) is 2. The minimum Gasteiger partial charge on any atom is -0.481 e. The van der Waals surface area contributed by atoms with Crippen molar-refractivity contribution < 1.29 is 14.7 Å². The molecule has 1 aliphatic carbocycles. The highest BCUT2D eigenvalue weighted by Gasteiger charge is 2.45. The summed E-state index contributed by atoms with van der Waals surface area (Å²) in [5.74, 6) is -0.364. The number of aliphatic carboxylic acids is 1. The fourth-order valence-corrected chi connectivity index (χ4v) is 2.16. The molecule has 3 heteroatoms. The van der Waals surface area contributed by atoms with Gasteiger partial charge in [-0.25, -0.2) is 0 Å². The second kappa shape index (κ2) is 3.48. The van der Waals surface area contributed by atoms with Crippen LogP contribution in [0.2, 0.25) is 0 Å². The van der Waals surface area contributed by atoms with Gasteiger partial charge in [-0.3, -0.25) is 9.59 Å². The Kier molecular flexibility index (Phi) is 2.74. The minimum atomic E-state index is -0.799. The summed E-state index contributed by atoms with van der Waals surface area (Å²) in [5.41, 5.74) is -0.745. The van der Waals surface area contributed by atoms with Crippen molar-refractivity contribution in [1.82, 2.24) is 0 Å². The first-order valence-corrected chi connectivity index (χ1v) is 4.71. The first-order chi connectivity index (χ1) is 5.96. The van der Waals surface area contributed by atoms with E-state index in [-0.39, 0.29) is 12.2 Å². The van der Waals surface area contributed by atoms with Crippen LogP contribution >= 0.6 is 0 Å². The van der Waals surface area contributed by atoms with Gasteiger partial charge in [0.25, 0.3) is 0 Å². The lowest BCUT2D eigenvalue weighted by Crippen LogP contribution is -2.29. The zero-order chi connectivity index (χ0) is 10.1. The van der Waals surface area contributed by atoms with Gasteiger partial charge in [-0.15, -0.1) is 0 Å². The molecule has 1 rings (SSSR count). The lowest BCUT2D eigenvalue weighted by atomic mass is 9.79. The Bertz CT molecular complexity index is 232. The van der Waals surface area contributed by atoms with Crippen LogP contribution in [-0.4, -0.2) is 16.9 Å². The standard InChI is InChI=1S/C10H16O3/c1-7(2)5-10(9(12)13)4-3-8(11)6-10/h7H,3-6H2,1-2H3,(H,12,13)/t10-/m0/s1. The molecule has 3 nitrogen and oxygen atoms in total. The molecule has 0 bridgehead atoms. The highest BCUT2D eigenvalue weighted by Crippen LogP contribution is 2.41. The van der Waals surface area contributed by atoms with Crippen molar-refractivity contribution in [2.75, 3.05) is 0 Å². The fraction of sp³-hybridized carbons (Fsp3) is 0.800. The predicted molar refractivity (Wildman–Crippen MR) is 48.4 cm³/mol. The number of rotatable bonds is 3. The summed E-state index contributed by atoms with van der Waals surface area (Å²) in [7, 11) is 0. The van der Waals surface area contributed by atoms with Gasteiger partial charge >= 0.3 is 5.97 Å². The highest BCUT2D eigenvalue weighted by molar-refractivity contribution is 5.89. The average Bonchev–Trinajstić information content (AvgIpc) is 2.31. The molecule has 74 valence electrons. The summed E-state index contributed by atoms with van der Waals surface area (Å²) in [6.45, 7) is 3.99. The molecule has 1 aliphatic rings. The molecule has 1 saturated carbocycles. The average molecular weight is 184 g/mol. The van der Waals surface area contributed by atoms with Crippen LogP contribution < -0.4 is 0 Å². The van der Waals surface area contributed by atoms with Gasteiger partial charge in [-0.05, 0) is 18.8 Å². The Hall–Kier alpha value is -0.860. The van der Waals surface area contributed by atoms with Crippen molar-refractivity contribution in [2.45, 2.75) is 39.5 Å². The molecule has 0 heterocycles. The van der Waals surface area contributed by atoms with Crippen LogP contribution in [0.1, 0.15) is 39.5 Å². The third-order valence-corrected chi connectivity index (χ3v) is 2.67. The van der Waals surface area contributed by atoms with E-state index >= 15 is 0 Å². The van der Waals surface area contributed by atoms with Gasteiger partial charge in [0.1, 0.15) is 5.78 Å². The Balaban J connectivity index is 2.77. The summed E-state index contributed by atoms with van der Waals surface area (Å²) in [6, 6.07) is 0. The molecular weight excluding hydrogens is 168 g/mol. The molecule has 1 fully saturated rings. The molecule has 0 unspecified atom stereocenters. The van der Waals surface area contributed by atoms with E-state index in [9.17, 15) is 9.59 Å². The smallest absolute Gasteiger partial charge is 0.310 e. The zero-order valence-corrected chi connectivity index (χ0v) is 8.17. The van der Waals surface area contributed by atoms with Gasteiger partial charge in [0.05, 0.1) is 5.41 Å². The number of hydrogen-bond donors (Lipinski definition) is 1. The Morgan fingerprint density at radius 3 is 2.54 bits per heavy atom. The number of carbonyl (C=O) groups excluding carboxylic acids is 1. The topological polar surface area (TPSA) is 54.4 Å². The van der Waals surface area contributed by atoms with E-state index < -0.39 is 11.4 Å². The van der Waals surface area contributed by atoms with E-state index in [1.165, 1.54) is 0 Å². The maximum atomic E-state index is 11.1. The van der Waals surface area contributed by atoms with Crippen molar-refractivity contribution in [3.8, 4) is 0 Å². The third kappa shape index (κ3) is 2.08. The van der Waals surface area contributed by atoms with Crippen molar-refractivity contribution in [1.29, 1.82) is 0 Å². The van der Waals surface area contributed by atoms with Crippen LogP contribution in [0.25, 0.3) is 0 Å². The van der Waals surface area contributed by atoms with Crippen molar-refractivity contribution >= 4 is 11.8 Å². The number of carbonyl (C=O) groups is 2. The van der Waals surface area contributed by atoms with E-state index in [0.717, 1.165) is 0 Å². The molecule has 0 radical (unpaired) electrons. The van der Waals surface area contributed by atoms with E-state index in [1.807, 2.05) is 13.8 Å². The van der Waals surface area contributed by atoms with E-state index in [0.29, 0.717) is 25.2 Å². The van der Waals surface area contributed by atoms with Crippen LogP contribution in [0.15, 0.2) is 0 Å². The maximum absolute atomic E-state index is 11.1. The maximum Gasteiger partial charge on any atom is 0.310 e. The van der Waals surface area contributed by atoms with Gasteiger partial charge in [0.2, 0.25) is 0 Å². The number of Topliss-reactive ketones (excluding diaryl/α,β-unsaturated/α-hetero) is 1. The molecular formula is C10H16O3. The number of carboxylic acids is 1. The third-order valence-electron chi connectivity index (χ3n) is 2.67. The molecule has 1 N–H and O–H groups in total. The van der Waals surface area contributed by atoms with E-state index in [4.69, 9.17) is 5.11 Å². The summed E-state index contributed by atoms with van der Waals surface area (Å²) in [5, 5.41) is 9.08. The molecule has 0 amide bonds. The first-order valence-electron chi connectivity index (χ1n) is 4.71. The minimum absolute atomic E-state index is 0.100. The van der Waals surface area contributed by atoms with Crippen LogP contribution in [0, 0.1) is 11.3 Å². The lowest BCUT2D eigenvalue weighted by molar-refractivity contribution is -0.150. The zero-order valence-electron chi connectivity index (χ0n) is 8.17. The lowest BCUT2D eigenvalue weighted by Gasteiger charge is -2.24. The van der Waals surface area contributed by atoms with Crippen molar-refractivity contribution in [2.24, 2.45) is 11.3 Å². The molecule has 0 aromatic carbocycles. The van der Waals surface area contributed by atoms with Gasteiger partial charge in [-0.1, -0.05) is 13.8 Å². The van der Waals surface area contributed by atoms with Crippen molar-refractivity contribution in [3.05, 3.63) is 0 Å². The Morgan fingerprint density at radius 2 is 2.23 bits per heavy atom. The molecule has 0 aromatic heterocycles. The summed E-state index contributed by atoms with van der Waals surface area (Å²) in [4.78, 5) is 22.1. The SMILES string of the molecule is CC(C)C[C@@]1(C(=O)O)CCC(=O)C1. The number of ketones is 1. The van der Waals surface area contributed by atoms with Gasteiger partial charge < -0.3 is 5.11 Å². The molecule has 1 atom stereocenters. The summed E-state index contributed by atoms with van der Waals surface area (Å²) < 4.78 is 0. The second-order valence-corrected chi connectivity index (χ2v) is 4.40. The summed E-state index contributed by atoms with van der Waals surface area (Å²) >= 11 is 0. The molecule has 0 aliphatic heterocycles. The number of carboxylic acid groups (broad SMARTS) is 1. The highest BCUT2D eigenvalue weighted by atomic mass is 16.4. The van der Waals surface area contributed by atoms with Crippen LogP contribution in [0.4, 0.5) is 0 Å². The monoisotopic (exact) mass is 184 g/mol. The Labute approximate surface area is 78.1 Å². The van der Waals surface area contributed by atoms with Crippen LogP contribution in [0.5, 0.6) is 0 Å². The normalized spacial score (nSPS) is 28.4. The fourth-order valence-electron chi connectivity index (χ4n) is 2.16. The summed E-state index contributed by atoms with van der Waals surface area (Å²) in [6.07, 6.45) is 1.83. The van der Waals surface area contributed by atoms with Gasteiger partial charge in [0, 0.05) is 12.8 Å². The molecule has 0 saturated heterocycles. The van der Waals surface area contributed by atoms with Crippen molar-refractivity contribution in [3.63, 3.8) is 0 Å². The predicted octanol–water partition coefficient (Wildman–Crippen LogP) is 1.86. The first kappa shape index (κ1) is 10.2. The van der Waals surface area contributed by atoms with E-state index in [2.05, 4.69) is 0 Å². The molecule has 13 heavy (non-hydrogen) atoms. The molecule has 0 spiro atoms. The molecule has 0 aromatic rings. The second-order valence-electron chi connectivity index (χ2n) is 4.40. The quantitative estimate of drug-likeness (QED) is 0.728.